The number of nitrogens with two attached hydrogens (primary N) is 4. The van der Waals surface area contributed by atoms with Crippen LogP contribution >= 0.6 is 11.8 Å². The molecule has 0 heterocycles. The molecule has 108 heavy (non-hydrogen) atoms. The first-order chi connectivity index (χ1) is 52.1. The largest absolute Gasteiger partial charge is 0.480 e. The molecule has 0 aromatic rings. The first-order valence-electron chi connectivity index (χ1n) is 42.7. The highest BCUT2D eigenvalue weighted by molar-refractivity contribution is 7.99. The summed E-state index contributed by atoms with van der Waals surface area (Å²) >= 11 is 1.16. The van der Waals surface area contributed by atoms with Crippen molar-refractivity contribution in [3.63, 3.8) is 0 Å². The van der Waals surface area contributed by atoms with Gasteiger partial charge < -0.3 is 89.8 Å². The summed E-state index contributed by atoms with van der Waals surface area (Å²) in [5, 5.41) is 66.1. The van der Waals surface area contributed by atoms with Gasteiger partial charge in [0.1, 0.15) is 67.6 Å². The van der Waals surface area contributed by atoms with Gasteiger partial charge in [0.25, 0.3) is 0 Å². The number of thioether (sulfide) groups is 1. The number of carboxylic acid groups (broad SMARTS) is 1. The third kappa shape index (κ3) is 61.9. The van der Waals surface area contributed by atoms with Gasteiger partial charge in [0.2, 0.25) is 35.4 Å². The Hall–Kier alpha value is -4.74. The summed E-state index contributed by atoms with van der Waals surface area (Å²) in [6, 6.07) is -8.79. The van der Waals surface area contributed by atoms with Crippen LogP contribution in [-0.2, 0) is 52.6 Å². The van der Waals surface area contributed by atoms with E-state index in [0.717, 1.165) is 88.8 Å². The third-order valence-electron chi connectivity index (χ3n) is 19.7. The number of esters is 2. The number of ether oxygens (including phenoxy) is 2. The van der Waals surface area contributed by atoms with Crippen LogP contribution in [0.15, 0.2) is 0 Å². The van der Waals surface area contributed by atoms with Gasteiger partial charge in [-0.05, 0) is 103 Å². The van der Waals surface area contributed by atoms with Crippen LogP contribution in [-0.4, -0.2) is 171 Å². The summed E-state index contributed by atoms with van der Waals surface area (Å²) in [4.78, 5) is 124. The molecule has 0 radical (unpaired) electrons. The molecule has 27 heteroatoms. The minimum absolute atomic E-state index is 0.00716. The van der Waals surface area contributed by atoms with Crippen molar-refractivity contribution in [2.24, 2.45) is 22.9 Å². The van der Waals surface area contributed by atoms with Crippen molar-refractivity contribution in [2.45, 2.75) is 429 Å². The van der Waals surface area contributed by atoms with Crippen molar-refractivity contribution in [1.82, 2.24) is 31.9 Å². The summed E-state index contributed by atoms with van der Waals surface area (Å²) in [5.74, 6) is -7.34. The zero-order valence-electron chi connectivity index (χ0n) is 67.4. The van der Waals surface area contributed by atoms with Crippen molar-refractivity contribution in [3.05, 3.63) is 0 Å². The highest BCUT2D eigenvalue weighted by Gasteiger charge is 2.34. The second-order valence-electron chi connectivity index (χ2n) is 30.0. The molecule has 0 aliphatic carbocycles. The van der Waals surface area contributed by atoms with E-state index in [1.165, 1.54) is 154 Å². The Kier molecular flexibility index (Phi) is 69.3. The Morgan fingerprint density at radius 2 is 0.630 bits per heavy atom. The van der Waals surface area contributed by atoms with E-state index in [-0.39, 0.29) is 102 Å². The molecule has 0 aliphatic rings. The fourth-order valence-electron chi connectivity index (χ4n) is 13.0. The molecule has 0 saturated heterocycles. The molecule has 0 fully saturated rings. The van der Waals surface area contributed by atoms with Crippen molar-refractivity contribution in [2.75, 3.05) is 31.3 Å². The minimum Gasteiger partial charge on any atom is -0.480 e. The van der Waals surface area contributed by atoms with Crippen LogP contribution in [0.2, 0.25) is 0 Å². The highest BCUT2D eigenvalue weighted by atomic mass is 32.2. The number of carbonyl (C=O) groups excluding carboxylic acids is 8. The summed E-state index contributed by atoms with van der Waals surface area (Å²) in [5.41, 5.74) is 22.5. The zero-order chi connectivity index (χ0) is 80.1. The second-order valence-corrected chi connectivity index (χ2v) is 31.1. The molecule has 10 atom stereocenters. The van der Waals surface area contributed by atoms with Gasteiger partial charge in [0.15, 0.2) is 0 Å². The Balaban J connectivity index is 6.78. The van der Waals surface area contributed by atoms with E-state index in [1.807, 2.05) is 0 Å². The van der Waals surface area contributed by atoms with Crippen molar-refractivity contribution < 1.29 is 78.2 Å². The Morgan fingerprint density at radius 1 is 0.333 bits per heavy atom. The van der Waals surface area contributed by atoms with Crippen molar-refractivity contribution in [1.29, 1.82) is 0 Å². The molecule has 632 valence electrons. The molecule has 0 aliphatic heterocycles. The lowest BCUT2D eigenvalue weighted by Crippen LogP contribution is -2.60. The summed E-state index contributed by atoms with van der Waals surface area (Å²) in [6.45, 7) is 5.74. The molecule has 0 saturated carbocycles. The molecule has 19 N–H and O–H groups in total. The predicted octanol–water partition coefficient (Wildman–Crippen LogP) is 11.1. The predicted molar refractivity (Wildman–Crippen MR) is 430 cm³/mol. The molecule has 0 aromatic heterocycles. The zero-order valence-corrected chi connectivity index (χ0v) is 68.3. The van der Waals surface area contributed by atoms with Crippen LogP contribution in [0.25, 0.3) is 0 Å². The Labute approximate surface area is 654 Å². The maximum absolute atomic E-state index is 14.5. The summed E-state index contributed by atoms with van der Waals surface area (Å²) < 4.78 is 11.7. The molecule has 4 unspecified atom stereocenters. The van der Waals surface area contributed by atoms with E-state index >= 15 is 0 Å². The van der Waals surface area contributed by atoms with Crippen LogP contribution in [0.4, 0.5) is 0 Å². The molecule has 0 bridgehead atoms. The van der Waals surface area contributed by atoms with Gasteiger partial charge in [-0.1, -0.05) is 252 Å². The van der Waals surface area contributed by atoms with E-state index in [4.69, 9.17) is 32.4 Å². The lowest BCUT2D eigenvalue weighted by Gasteiger charge is -2.27. The maximum atomic E-state index is 14.5. The van der Waals surface area contributed by atoms with Crippen LogP contribution < -0.4 is 54.8 Å². The fraction of sp³-hybridized carbons (Fsp3) is 0.889. The van der Waals surface area contributed by atoms with Gasteiger partial charge >= 0.3 is 17.9 Å². The summed E-state index contributed by atoms with van der Waals surface area (Å²) in [7, 11) is 0. The quantitative estimate of drug-likeness (QED) is 0.0153. The van der Waals surface area contributed by atoms with Crippen LogP contribution in [0, 0.1) is 0 Å². The smallest absolute Gasteiger partial charge is 0.326 e. The number of rotatable bonds is 78. The SMILES string of the molecule is CCCCCCCCCCCCCCCC(=O)N[C@@H](CSCC(COC(=O)CCCCCCCCCCCCCCC)OC(=O)CCCCCCCCCCCCCCC)C(=O)N[C@@H](CO)C(=O)N[C@@H](CCCC(N)O)C(=O)N[C@@H](CCCC(N)O)C(=O)N[C@@H](CCCC(N)O)C(=O)N[C@@H](CCCCN)C(=O)O. The standard InChI is InChI=1S/C81H156N10O16S/c1-4-7-10-13-16-19-22-25-28-31-34-37-40-55-73(96)86-69(62-108-61-63(107-75(98)57-42-39-36-33-30-27-24-21-18-15-12-9-6-3)60-106-74(97)56-41-38-35-32-29-26-23-20-17-14-11-8-5-2)80(103)91-68(59-92)79(102)89-65(50-46-53-71(84)94)77(100)87-64(49-45-52-70(83)93)76(99)88-66(51-47-54-72(85)95)78(101)90-67(81(104)105)48-43-44-58-82/h63-72,92-95H,4-62,82-85H2,1-3H3,(H,86,96)(H,87,100)(H,88,99)(H,89,102)(H,90,101)(H,91,103)(H,104,105)/t63?,64-,65-,66-,67-,68-,69-,70?,71?,72?/m0/s1. The Bertz CT molecular complexity index is 2280. The minimum atomic E-state index is -1.73. The number of aliphatic carboxylic acids is 1. The number of hydrogen-bond acceptors (Lipinski definition) is 20. The molecule has 0 spiro atoms. The van der Waals surface area contributed by atoms with E-state index in [2.05, 4.69) is 52.7 Å². The topological polar surface area (TPSA) is 449 Å². The van der Waals surface area contributed by atoms with Crippen LogP contribution in [0.1, 0.15) is 367 Å². The number of amides is 6. The van der Waals surface area contributed by atoms with Crippen molar-refractivity contribution in [3.8, 4) is 0 Å². The Morgan fingerprint density at radius 3 is 0.963 bits per heavy atom. The number of unbranched alkanes of at least 4 members (excludes halogenated alkanes) is 37. The molecular formula is C81H156N10O16S. The van der Waals surface area contributed by atoms with Gasteiger partial charge in [0, 0.05) is 30.8 Å². The van der Waals surface area contributed by atoms with Gasteiger partial charge in [-0.25, -0.2) is 4.79 Å². The van der Waals surface area contributed by atoms with E-state index in [1.54, 1.807) is 0 Å². The van der Waals surface area contributed by atoms with Crippen molar-refractivity contribution >= 4 is 65.1 Å². The molecule has 0 aromatic carbocycles. The molecule has 26 nitrogen and oxygen atoms in total. The average molecular weight is 1560 g/mol. The fourth-order valence-corrected chi connectivity index (χ4v) is 14.0. The lowest BCUT2D eigenvalue weighted by molar-refractivity contribution is -0.157. The third-order valence-corrected chi connectivity index (χ3v) is 20.9. The number of nitrogens with one attached hydrogen (secondary N) is 6. The average Bonchev–Trinajstić information content (AvgIpc) is 0.863. The monoisotopic (exact) mass is 1560 g/mol. The number of carboxylic acids is 1. The van der Waals surface area contributed by atoms with E-state index in [9.17, 15) is 68.7 Å². The van der Waals surface area contributed by atoms with Gasteiger partial charge in [-0.3, -0.25) is 38.4 Å². The number of carbonyl (C=O) groups is 9. The van der Waals surface area contributed by atoms with Gasteiger partial charge in [-0.2, -0.15) is 11.8 Å². The second kappa shape index (κ2) is 72.5. The van der Waals surface area contributed by atoms with Gasteiger partial charge in [0.05, 0.1) is 6.61 Å². The highest BCUT2D eigenvalue weighted by Crippen LogP contribution is 2.20. The first kappa shape index (κ1) is 103. The van der Waals surface area contributed by atoms with Crippen LogP contribution in [0.3, 0.4) is 0 Å². The van der Waals surface area contributed by atoms with E-state index < -0.39 is 121 Å². The molecule has 6 amide bonds. The van der Waals surface area contributed by atoms with E-state index in [0.29, 0.717) is 38.6 Å². The maximum Gasteiger partial charge on any atom is 0.326 e. The first-order valence-corrected chi connectivity index (χ1v) is 43.9. The number of aliphatic hydroxyl groups is 4. The molecule has 0 rings (SSSR count). The lowest BCUT2D eigenvalue weighted by atomic mass is 10.0. The number of aliphatic hydroxyl groups excluding tert-OH is 4. The summed E-state index contributed by atoms with van der Waals surface area (Å²) in [6.07, 6.45) is 40.5. The number of hydrogen-bond donors (Lipinski definition) is 15. The molecular weight excluding hydrogens is 1400 g/mol. The normalized spacial score (nSPS) is 14.2. The van der Waals surface area contributed by atoms with Crippen LogP contribution in [0.5, 0.6) is 0 Å². The van der Waals surface area contributed by atoms with Gasteiger partial charge in [-0.15, -0.1) is 0 Å².